The minimum Gasteiger partial charge on any atom is -0.366 e. The van der Waals surface area contributed by atoms with Crippen LogP contribution in [0.25, 0.3) is 0 Å². The summed E-state index contributed by atoms with van der Waals surface area (Å²) in [6.07, 6.45) is 2.31. The third kappa shape index (κ3) is 3.16. The van der Waals surface area contributed by atoms with Gasteiger partial charge in [0.05, 0.1) is 5.56 Å². The molecule has 0 amide bonds. The van der Waals surface area contributed by atoms with Gasteiger partial charge < -0.3 is 5.32 Å². The van der Waals surface area contributed by atoms with E-state index in [-0.39, 0.29) is 11.9 Å². The van der Waals surface area contributed by atoms with Gasteiger partial charge in [-0.05, 0) is 19.1 Å². The van der Waals surface area contributed by atoms with Gasteiger partial charge in [-0.25, -0.2) is 4.98 Å². The summed E-state index contributed by atoms with van der Waals surface area (Å²) < 4.78 is 37.7. The predicted octanol–water partition coefficient (Wildman–Crippen LogP) is 2.92. The smallest absolute Gasteiger partial charge is 0.366 e. The van der Waals surface area contributed by atoms with Crippen LogP contribution in [0.4, 0.5) is 19.0 Å². The largest absolute Gasteiger partial charge is 0.419 e. The number of halogens is 3. The zero-order valence-corrected chi connectivity index (χ0v) is 8.67. The Morgan fingerprint density at radius 2 is 2.25 bits per heavy atom. The summed E-state index contributed by atoms with van der Waals surface area (Å²) >= 11 is 0. The summed E-state index contributed by atoms with van der Waals surface area (Å²) in [6.45, 7) is 1.70. The second-order valence-corrected chi connectivity index (χ2v) is 3.35. The highest BCUT2D eigenvalue weighted by molar-refractivity contribution is 5.46. The lowest BCUT2D eigenvalue weighted by molar-refractivity contribution is -0.137. The molecule has 0 saturated carbocycles. The lowest BCUT2D eigenvalue weighted by Crippen LogP contribution is -2.19. The molecule has 0 fully saturated rings. The third-order valence-electron chi connectivity index (χ3n) is 1.92. The van der Waals surface area contributed by atoms with Crippen LogP contribution in [-0.2, 0) is 6.18 Å². The number of nitrogens with one attached hydrogen (secondary N) is 1. The third-order valence-corrected chi connectivity index (χ3v) is 1.92. The van der Waals surface area contributed by atoms with Crippen molar-refractivity contribution in [3.05, 3.63) is 23.9 Å². The summed E-state index contributed by atoms with van der Waals surface area (Å²) in [5.74, 6) is 2.19. The molecule has 1 aromatic heterocycles. The van der Waals surface area contributed by atoms with Crippen LogP contribution in [0.15, 0.2) is 18.3 Å². The molecule has 0 saturated heterocycles. The highest BCUT2D eigenvalue weighted by atomic mass is 19.4. The maximum Gasteiger partial charge on any atom is 0.419 e. The lowest BCUT2D eigenvalue weighted by atomic mass is 10.2. The molecule has 0 radical (unpaired) electrons. The van der Waals surface area contributed by atoms with Crippen LogP contribution in [0.2, 0.25) is 0 Å². The van der Waals surface area contributed by atoms with Crippen LogP contribution in [0.5, 0.6) is 0 Å². The fraction of sp³-hybridized carbons (Fsp3) is 0.364. The van der Waals surface area contributed by atoms with Gasteiger partial charge in [-0.3, -0.25) is 0 Å². The predicted molar refractivity (Wildman–Crippen MR) is 55.8 cm³/mol. The van der Waals surface area contributed by atoms with Crippen LogP contribution >= 0.6 is 0 Å². The molecule has 1 aromatic rings. The van der Waals surface area contributed by atoms with E-state index >= 15 is 0 Å². The standard InChI is InChI=1S/C11H11F3N2/c1-3-5-8(2)16-10-9(11(12,13)14)6-4-7-15-10/h1,4,6-8H,5H2,2H3,(H,15,16). The van der Waals surface area contributed by atoms with E-state index in [9.17, 15) is 13.2 Å². The van der Waals surface area contributed by atoms with E-state index in [1.807, 2.05) is 0 Å². The molecule has 0 aliphatic heterocycles. The van der Waals surface area contributed by atoms with Crippen molar-refractivity contribution in [2.75, 3.05) is 5.32 Å². The molecule has 0 aromatic carbocycles. The SMILES string of the molecule is C#CCC(C)Nc1ncccc1C(F)(F)F. The average molecular weight is 228 g/mol. The first-order valence-corrected chi connectivity index (χ1v) is 4.67. The van der Waals surface area contributed by atoms with Crippen LogP contribution < -0.4 is 5.32 Å². The molecule has 1 unspecified atom stereocenters. The first-order chi connectivity index (χ1) is 7.45. The summed E-state index contributed by atoms with van der Waals surface area (Å²) in [5, 5.41) is 2.64. The first-order valence-electron chi connectivity index (χ1n) is 4.67. The van der Waals surface area contributed by atoms with Gasteiger partial charge in [0, 0.05) is 18.7 Å². The van der Waals surface area contributed by atoms with Gasteiger partial charge in [0.2, 0.25) is 0 Å². The molecule has 0 bridgehead atoms. The molecule has 86 valence electrons. The second-order valence-electron chi connectivity index (χ2n) is 3.35. The minimum atomic E-state index is -4.41. The van der Waals surface area contributed by atoms with Gasteiger partial charge in [0.25, 0.3) is 0 Å². The van der Waals surface area contributed by atoms with Gasteiger partial charge in [0.15, 0.2) is 0 Å². The van der Waals surface area contributed by atoms with Crippen LogP contribution in [-0.4, -0.2) is 11.0 Å². The van der Waals surface area contributed by atoms with Gasteiger partial charge in [-0.15, -0.1) is 12.3 Å². The summed E-state index contributed by atoms with van der Waals surface area (Å²) in [5.41, 5.74) is -0.779. The fourth-order valence-electron chi connectivity index (χ4n) is 1.21. The fourth-order valence-corrected chi connectivity index (χ4v) is 1.21. The van der Waals surface area contributed by atoms with E-state index in [1.165, 1.54) is 12.3 Å². The molecule has 1 N–H and O–H groups in total. The van der Waals surface area contributed by atoms with E-state index < -0.39 is 11.7 Å². The topological polar surface area (TPSA) is 24.9 Å². The van der Waals surface area contributed by atoms with Crippen molar-refractivity contribution in [2.45, 2.75) is 25.6 Å². The molecule has 1 rings (SSSR count). The zero-order valence-electron chi connectivity index (χ0n) is 8.67. The number of hydrogen-bond donors (Lipinski definition) is 1. The van der Waals surface area contributed by atoms with Crippen LogP contribution in [0.1, 0.15) is 18.9 Å². The minimum absolute atomic E-state index is 0.183. The molecule has 1 heterocycles. The van der Waals surface area contributed by atoms with Crippen molar-refractivity contribution in [1.29, 1.82) is 0 Å². The second kappa shape index (κ2) is 4.88. The molecule has 5 heteroatoms. The number of alkyl halides is 3. The van der Waals surface area contributed by atoms with E-state index in [0.717, 1.165) is 6.07 Å². The van der Waals surface area contributed by atoms with Crippen molar-refractivity contribution in [3.8, 4) is 12.3 Å². The summed E-state index contributed by atoms with van der Waals surface area (Å²) in [4.78, 5) is 3.67. The highest BCUT2D eigenvalue weighted by Gasteiger charge is 2.34. The first kappa shape index (κ1) is 12.4. The molecule has 2 nitrogen and oxygen atoms in total. The maximum absolute atomic E-state index is 12.6. The van der Waals surface area contributed by atoms with Crippen molar-refractivity contribution in [1.82, 2.24) is 4.98 Å². The Kier molecular flexibility index (Phi) is 3.78. The number of pyridine rings is 1. The van der Waals surface area contributed by atoms with E-state index in [1.54, 1.807) is 6.92 Å². The van der Waals surface area contributed by atoms with Gasteiger partial charge in [0.1, 0.15) is 5.82 Å². The Morgan fingerprint density at radius 3 is 2.81 bits per heavy atom. The van der Waals surface area contributed by atoms with Crippen molar-refractivity contribution < 1.29 is 13.2 Å². The Morgan fingerprint density at radius 1 is 1.56 bits per heavy atom. The number of anilines is 1. The molecular weight excluding hydrogens is 217 g/mol. The molecule has 0 spiro atoms. The summed E-state index contributed by atoms with van der Waals surface area (Å²) in [6, 6.07) is 1.98. The number of aromatic nitrogens is 1. The molecule has 0 aliphatic carbocycles. The van der Waals surface area contributed by atoms with E-state index in [4.69, 9.17) is 6.42 Å². The lowest BCUT2D eigenvalue weighted by Gasteiger charge is -2.16. The Bertz CT molecular complexity index is 393. The van der Waals surface area contributed by atoms with Crippen molar-refractivity contribution in [2.24, 2.45) is 0 Å². The molecule has 16 heavy (non-hydrogen) atoms. The molecular formula is C11H11F3N2. The Labute approximate surface area is 91.9 Å². The number of nitrogens with zero attached hydrogens (tertiary/aromatic N) is 1. The number of terminal acetylenes is 1. The monoisotopic (exact) mass is 228 g/mol. The van der Waals surface area contributed by atoms with E-state index in [2.05, 4.69) is 16.2 Å². The van der Waals surface area contributed by atoms with Crippen molar-refractivity contribution in [3.63, 3.8) is 0 Å². The van der Waals surface area contributed by atoms with Crippen LogP contribution in [0, 0.1) is 12.3 Å². The zero-order chi connectivity index (χ0) is 12.2. The van der Waals surface area contributed by atoms with E-state index in [0.29, 0.717) is 6.42 Å². The average Bonchev–Trinajstić information content (AvgIpc) is 2.17. The Balaban J connectivity index is 2.92. The Hall–Kier alpha value is -1.70. The molecule has 1 atom stereocenters. The summed E-state index contributed by atoms with van der Waals surface area (Å²) in [7, 11) is 0. The molecule has 0 aliphatic rings. The van der Waals surface area contributed by atoms with Gasteiger partial charge >= 0.3 is 6.18 Å². The quantitative estimate of drug-likeness (QED) is 0.804. The number of rotatable bonds is 3. The van der Waals surface area contributed by atoms with Crippen LogP contribution in [0.3, 0.4) is 0 Å². The number of hydrogen-bond acceptors (Lipinski definition) is 2. The maximum atomic E-state index is 12.6. The normalized spacial score (nSPS) is 12.9. The van der Waals surface area contributed by atoms with Gasteiger partial charge in [-0.1, -0.05) is 0 Å². The highest BCUT2D eigenvalue weighted by Crippen LogP contribution is 2.33. The van der Waals surface area contributed by atoms with Crippen molar-refractivity contribution >= 4 is 5.82 Å². The van der Waals surface area contributed by atoms with Gasteiger partial charge in [-0.2, -0.15) is 13.2 Å².